The highest BCUT2D eigenvalue weighted by Crippen LogP contribution is 2.37. The Kier molecular flexibility index (Phi) is 2.20. The van der Waals surface area contributed by atoms with E-state index in [2.05, 4.69) is 25.3 Å². The normalized spacial score (nSPS) is 17.4. The van der Waals surface area contributed by atoms with Crippen molar-refractivity contribution in [2.24, 2.45) is 0 Å². The summed E-state index contributed by atoms with van der Waals surface area (Å²) in [5.41, 5.74) is 4.45. The lowest BCUT2D eigenvalue weighted by molar-refractivity contribution is -0.117. The predicted molar refractivity (Wildman–Crippen MR) is 75.3 cm³/mol. The number of carbonyl (C=O) groups is 1. The summed E-state index contributed by atoms with van der Waals surface area (Å²) in [6.07, 6.45) is 4.21. The molecule has 0 spiro atoms. The zero-order valence-corrected chi connectivity index (χ0v) is 10.9. The molecule has 0 fully saturated rings. The molecule has 0 bridgehead atoms. The average Bonchev–Trinajstić information content (AvgIpc) is 3.12. The number of aromatic amines is 2. The molecule has 0 aliphatic carbocycles. The Morgan fingerprint density at radius 2 is 2.25 bits per heavy atom. The first-order valence-electron chi connectivity index (χ1n) is 6.60. The number of anilines is 1. The number of carbonyl (C=O) groups excluding carboxylic acids is 1. The minimum Gasteiger partial charge on any atom is -0.350 e. The van der Waals surface area contributed by atoms with E-state index in [1.54, 1.807) is 12.5 Å². The predicted octanol–water partition coefficient (Wildman–Crippen LogP) is 2.40. The van der Waals surface area contributed by atoms with Gasteiger partial charge in [0.2, 0.25) is 5.91 Å². The van der Waals surface area contributed by atoms with Crippen molar-refractivity contribution in [2.75, 3.05) is 5.32 Å². The van der Waals surface area contributed by atoms with Crippen molar-refractivity contribution in [1.29, 1.82) is 0 Å². The molecule has 0 radical (unpaired) electrons. The van der Waals surface area contributed by atoms with E-state index in [1.165, 1.54) is 0 Å². The molecule has 0 saturated carbocycles. The highest BCUT2D eigenvalue weighted by Gasteiger charge is 2.29. The minimum atomic E-state index is -0.0695. The van der Waals surface area contributed by atoms with Gasteiger partial charge in [-0.05, 0) is 24.1 Å². The van der Waals surface area contributed by atoms with E-state index in [1.807, 2.05) is 19.1 Å². The molecule has 1 unspecified atom stereocenters. The lowest BCUT2D eigenvalue weighted by atomic mass is 9.98. The summed E-state index contributed by atoms with van der Waals surface area (Å²) in [5, 5.41) is 2.93. The van der Waals surface area contributed by atoms with Crippen LogP contribution in [0.15, 0.2) is 24.7 Å². The molecule has 2 aromatic heterocycles. The Morgan fingerprint density at radius 1 is 1.35 bits per heavy atom. The van der Waals surface area contributed by atoms with Crippen molar-refractivity contribution in [1.82, 2.24) is 19.9 Å². The van der Waals surface area contributed by atoms with Crippen molar-refractivity contribution in [2.45, 2.75) is 19.3 Å². The van der Waals surface area contributed by atoms with Gasteiger partial charge in [-0.25, -0.2) is 9.97 Å². The van der Waals surface area contributed by atoms with Crippen molar-refractivity contribution in [3.05, 3.63) is 30.2 Å². The lowest BCUT2D eigenvalue weighted by Crippen LogP contribution is -2.10. The van der Waals surface area contributed by atoms with Gasteiger partial charge in [-0.2, -0.15) is 0 Å². The van der Waals surface area contributed by atoms with Crippen LogP contribution in [0, 0.1) is 0 Å². The first-order chi connectivity index (χ1) is 9.76. The van der Waals surface area contributed by atoms with Gasteiger partial charge in [0, 0.05) is 11.9 Å². The number of fused-ring (bicyclic) bond motifs is 2. The van der Waals surface area contributed by atoms with Crippen LogP contribution in [0.2, 0.25) is 0 Å². The second-order valence-electron chi connectivity index (χ2n) is 4.95. The third-order valence-electron chi connectivity index (χ3n) is 3.75. The summed E-state index contributed by atoms with van der Waals surface area (Å²) < 4.78 is 0. The molecule has 3 N–H and O–H groups in total. The number of nitrogens with one attached hydrogen (secondary N) is 3. The highest BCUT2D eigenvalue weighted by atomic mass is 16.2. The number of hydrogen-bond acceptors (Lipinski definition) is 3. The van der Waals surface area contributed by atoms with Crippen LogP contribution in [0.1, 0.15) is 24.8 Å². The number of amides is 1. The molecule has 1 atom stereocenters. The standard InChI is InChI=1S/C14H13N5O/c1-2-7-8-3-10-11(4-9(8)19-14(7)20)18-13(17-10)12-5-15-6-16-12/h3-7H,2H2,1H3,(H,15,16)(H,17,18)(H,19,20). The first kappa shape index (κ1) is 11.2. The maximum absolute atomic E-state index is 11.9. The largest absolute Gasteiger partial charge is 0.350 e. The van der Waals surface area contributed by atoms with Crippen molar-refractivity contribution in [3.8, 4) is 11.5 Å². The fraction of sp³-hybridized carbons (Fsp3) is 0.214. The van der Waals surface area contributed by atoms with E-state index in [9.17, 15) is 4.79 Å². The third-order valence-corrected chi connectivity index (χ3v) is 3.75. The van der Waals surface area contributed by atoms with Crippen LogP contribution >= 0.6 is 0 Å². The van der Waals surface area contributed by atoms with Crippen LogP contribution in [0.25, 0.3) is 22.6 Å². The lowest BCUT2D eigenvalue weighted by Gasteiger charge is -2.03. The summed E-state index contributed by atoms with van der Waals surface area (Å²) in [6, 6.07) is 3.94. The maximum atomic E-state index is 11.9. The van der Waals surface area contributed by atoms with Gasteiger partial charge < -0.3 is 15.3 Å². The topological polar surface area (TPSA) is 86.5 Å². The van der Waals surface area contributed by atoms with Gasteiger partial charge in [-0.15, -0.1) is 0 Å². The Labute approximate surface area is 114 Å². The zero-order valence-electron chi connectivity index (χ0n) is 10.9. The molecule has 3 heterocycles. The van der Waals surface area contributed by atoms with Crippen LogP contribution in [-0.4, -0.2) is 25.8 Å². The molecule has 1 aromatic carbocycles. The van der Waals surface area contributed by atoms with E-state index in [-0.39, 0.29) is 11.8 Å². The molecule has 100 valence electrons. The molecular weight excluding hydrogens is 254 g/mol. The van der Waals surface area contributed by atoms with Crippen LogP contribution in [0.3, 0.4) is 0 Å². The zero-order chi connectivity index (χ0) is 13.7. The fourth-order valence-electron chi connectivity index (χ4n) is 2.75. The molecule has 1 aliphatic rings. The fourth-order valence-corrected chi connectivity index (χ4v) is 2.75. The Balaban J connectivity index is 1.88. The number of hydrogen-bond donors (Lipinski definition) is 3. The highest BCUT2D eigenvalue weighted by molar-refractivity contribution is 6.05. The molecule has 6 heteroatoms. The van der Waals surface area contributed by atoms with Crippen LogP contribution in [-0.2, 0) is 4.79 Å². The van der Waals surface area contributed by atoms with Crippen LogP contribution in [0.5, 0.6) is 0 Å². The van der Waals surface area contributed by atoms with Gasteiger partial charge in [0.25, 0.3) is 0 Å². The average molecular weight is 267 g/mol. The van der Waals surface area contributed by atoms with Gasteiger partial charge in [-0.1, -0.05) is 6.92 Å². The molecular formula is C14H13N5O. The molecule has 0 saturated heterocycles. The van der Waals surface area contributed by atoms with Crippen LogP contribution in [0.4, 0.5) is 5.69 Å². The van der Waals surface area contributed by atoms with Gasteiger partial charge in [0.1, 0.15) is 5.69 Å². The third kappa shape index (κ3) is 1.48. The van der Waals surface area contributed by atoms with Gasteiger partial charge in [-0.3, -0.25) is 4.79 Å². The Bertz CT molecular complexity index is 802. The van der Waals surface area contributed by atoms with Crippen molar-refractivity contribution in [3.63, 3.8) is 0 Å². The summed E-state index contributed by atoms with van der Waals surface area (Å²) in [5.74, 6) is 0.729. The summed E-state index contributed by atoms with van der Waals surface area (Å²) >= 11 is 0. The number of H-pyrrole nitrogens is 2. The summed E-state index contributed by atoms with van der Waals surface area (Å²) in [7, 11) is 0. The summed E-state index contributed by atoms with van der Waals surface area (Å²) in [4.78, 5) is 26.7. The molecule has 3 aromatic rings. The molecule has 6 nitrogen and oxygen atoms in total. The van der Waals surface area contributed by atoms with E-state index in [0.29, 0.717) is 0 Å². The second kappa shape index (κ2) is 3.93. The van der Waals surface area contributed by atoms with E-state index >= 15 is 0 Å². The number of rotatable bonds is 2. The molecule has 1 amide bonds. The SMILES string of the molecule is CCC1C(=O)Nc2cc3[nH]c(-c4c[nH]cn4)nc3cc21. The monoisotopic (exact) mass is 267 g/mol. The number of aromatic nitrogens is 4. The maximum Gasteiger partial charge on any atom is 0.231 e. The molecule has 1 aliphatic heterocycles. The van der Waals surface area contributed by atoms with Gasteiger partial charge >= 0.3 is 0 Å². The minimum absolute atomic E-state index is 0.0695. The van der Waals surface area contributed by atoms with Crippen molar-refractivity contribution < 1.29 is 4.79 Å². The summed E-state index contributed by atoms with van der Waals surface area (Å²) in [6.45, 7) is 2.02. The first-order valence-corrected chi connectivity index (χ1v) is 6.60. The smallest absolute Gasteiger partial charge is 0.231 e. The number of benzene rings is 1. The Hall–Kier alpha value is -2.63. The number of imidazole rings is 2. The van der Waals surface area contributed by atoms with E-state index in [0.717, 1.165) is 40.2 Å². The van der Waals surface area contributed by atoms with Crippen LogP contribution < -0.4 is 5.32 Å². The molecule has 4 rings (SSSR count). The van der Waals surface area contributed by atoms with E-state index in [4.69, 9.17) is 0 Å². The quantitative estimate of drug-likeness (QED) is 0.666. The Morgan fingerprint density at radius 3 is 3.00 bits per heavy atom. The van der Waals surface area contributed by atoms with Gasteiger partial charge in [0.05, 0.1) is 23.3 Å². The van der Waals surface area contributed by atoms with Crippen molar-refractivity contribution >= 4 is 22.6 Å². The van der Waals surface area contributed by atoms with Gasteiger partial charge in [0.15, 0.2) is 5.82 Å². The molecule has 20 heavy (non-hydrogen) atoms. The number of nitrogens with zero attached hydrogens (tertiary/aromatic N) is 2. The second-order valence-corrected chi connectivity index (χ2v) is 4.95. The van der Waals surface area contributed by atoms with E-state index < -0.39 is 0 Å².